The fourth-order valence-corrected chi connectivity index (χ4v) is 3.88. The van der Waals surface area contributed by atoms with Gasteiger partial charge in [0.05, 0.1) is 27.3 Å². The Bertz CT molecular complexity index is 916. The minimum Gasteiger partial charge on any atom is -0.496 e. The number of ketones is 1. The number of hydrogen-bond acceptors (Lipinski definition) is 5. The van der Waals surface area contributed by atoms with Gasteiger partial charge in [-0.05, 0) is 38.5 Å². The molecule has 0 radical (unpaired) electrons. The lowest BCUT2D eigenvalue weighted by Gasteiger charge is -2.34. The van der Waals surface area contributed by atoms with E-state index in [0.29, 0.717) is 39.6 Å². The smallest absolute Gasteiger partial charge is 0.270 e. The highest BCUT2D eigenvalue weighted by Gasteiger charge is 2.33. The van der Waals surface area contributed by atoms with E-state index in [0.717, 1.165) is 5.56 Å². The first kappa shape index (κ1) is 19.0. The molecule has 0 spiro atoms. The molecule has 0 aliphatic carbocycles. The number of aliphatic hydroxyl groups excluding tert-OH is 1. The number of nitrogens with one attached hydrogen (secondary N) is 1. The number of carbonyl (C=O) groups excluding carboxylic acids is 2. The number of Topliss-reactive ketones (excluding diaryl/α,β-unsaturated/α-hetero) is 1. The van der Waals surface area contributed by atoms with Crippen LogP contribution in [0.2, 0.25) is 0 Å². The van der Waals surface area contributed by atoms with E-state index in [1.807, 2.05) is 0 Å². The molecule has 1 amide bonds. The van der Waals surface area contributed by atoms with Crippen LogP contribution in [-0.2, 0) is 6.54 Å². The number of aryl methyl sites for hydroxylation is 1. The topological polar surface area (TPSA) is 91.9 Å². The molecular weight excluding hydrogens is 348 g/mol. The van der Waals surface area contributed by atoms with Crippen molar-refractivity contribution in [3.8, 4) is 11.5 Å². The molecule has 3 rings (SSSR count). The number of methoxy groups -OCH3 is 2. The van der Waals surface area contributed by atoms with E-state index in [2.05, 4.69) is 4.98 Å². The largest absolute Gasteiger partial charge is 0.496 e. The zero-order valence-corrected chi connectivity index (χ0v) is 16.2. The van der Waals surface area contributed by atoms with Crippen molar-refractivity contribution in [1.29, 1.82) is 0 Å². The summed E-state index contributed by atoms with van der Waals surface area (Å²) < 4.78 is 10.8. The lowest BCUT2D eigenvalue weighted by atomic mass is 9.94. The summed E-state index contributed by atoms with van der Waals surface area (Å²) in [6.07, 6.45) is -0.897. The van der Waals surface area contributed by atoms with Gasteiger partial charge in [-0.15, -0.1) is 0 Å². The van der Waals surface area contributed by atoms with Crippen molar-refractivity contribution in [1.82, 2.24) is 9.88 Å². The van der Waals surface area contributed by atoms with Crippen molar-refractivity contribution in [2.45, 2.75) is 33.4 Å². The molecule has 144 valence electrons. The van der Waals surface area contributed by atoms with Gasteiger partial charge in [-0.2, -0.15) is 0 Å². The Hall–Kier alpha value is -2.80. The van der Waals surface area contributed by atoms with Gasteiger partial charge in [-0.1, -0.05) is 0 Å². The molecule has 1 aliphatic heterocycles. The number of rotatable bonds is 4. The van der Waals surface area contributed by atoms with Gasteiger partial charge in [-0.25, -0.2) is 0 Å². The molecule has 2 heterocycles. The Morgan fingerprint density at radius 3 is 2.37 bits per heavy atom. The first-order valence-corrected chi connectivity index (χ1v) is 8.71. The van der Waals surface area contributed by atoms with Gasteiger partial charge < -0.3 is 24.5 Å². The molecule has 27 heavy (non-hydrogen) atoms. The normalized spacial score (nSPS) is 16.1. The van der Waals surface area contributed by atoms with Gasteiger partial charge >= 0.3 is 0 Å². The van der Waals surface area contributed by atoms with Crippen LogP contribution in [0.1, 0.15) is 56.3 Å². The van der Waals surface area contributed by atoms with Crippen molar-refractivity contribution in [3.05, 3.63) is 45.8 Å². The van der Waals surface area contributed by atoms with E-state index in [1.54, 1.807) is 45.1 Å². The van der Waals surface area contributed by atoms with Crippen molar-refractivity contribution in [2.24, 2.45) is 0 Å². The Kier molecular flexibility index (Phi) is 4.97. The van der Waals surface area contributed by atoms with Crippen molar-refractivity contribution in [3.63, 3.8) is 0 Å². The van der Waals surface area contributed by atoms with Crippen LogP contribution in [0, 0.1) is 13.8 Å². The average molecular weight is 372 g/mol. The molecule has 0 unspecified atom stereocenters. The van der Waals surface area contributed by atoms with Crippen LogP contribution in [0.25, 0.3) is 0 Å². The standard InChI is InChI=1S/C20H24N2O5/c1-10-17(12(3)23)11(2)21-19(10)20(25)22-8-13-15(26-4)6-7-16(27-5)18(13)14(24)9-22/h6-7,14,21,24H,8-9H2,1-5H3/t14-/m0/s1. The van der Waals surface area contributed by atoms with E-state index in [-0.39, 0.29) is 24.8 Å². The molecule has 1 atom stereocenters. The fraction of sp³-hybridized carbons (Fsp3) is 0.400. The van der Waals surface area contributed by atoms with Gasteiger partial charge in [0.15, 0.2) is 5.78 Å². The van der Waals surface area contributed by atoms with E-state index in [1.165, 1.54) is 6.92 Å². The molecule has 1 aromatic heterocycles. The summed E-state index contributed by atoms with van der Waals surface area (Å²) in [5, 5.41) is 10.7. The number of fused-ring (bicyclic) bond motifs is 1. The average Bonchev–Trinajstić information content (AvgIpc) is 2.94. The summed E-state index contributed by atoms with van der Waals surface area (Å²) >= 11 is 0. The highest BCUT2D eigenvalue weighted by atomic mass is 16.5. The van der Waals surface area contributed by atoms with Crippen LogP contribution >= 0.6 is 0 Å². The van der Waals surface area contributed by atoms with Gasteiger partial charge in [0.2, 0.25) is 0 Å². The monoisotopic (exact) mass is 372 g/mol. The molecule has 0 saturated heterocycles. The molecule has 1 aromatic carbocycles. The Balaban J connectivity index is 2.01. The molecule has 7 nitrogen and oxygen atoms in total. The fourth-order valence-electron chi connectivity index (χ4n) is 3.88. The number of aliphatic hydroxyl groups is 1. The summed E-state index contributed by atoms with van der Waals surface area (Å²) in [6, 6.07) is 3.51. The molecule has 2 aromatic rings. The second-order valence-electron chi connectivity index (χ2n) is 6.74. The number of aromatic amines is 1. The highest BCUT2D eigenvalue weighted by Crippen LogP contribution is 2.39. The minimum absolute atomic E-state index is 0.0873. The molecule has 0 fully saturated rings. The second-order valence-corrected chi connectivity index (χ2v) is 6.74. The van der Waals surface area contributed by atoms with E-state index >= 15 is 0 Å². The number of aromatic nitrogens is 1. The van der Waals surface area contributed by atoms with E-state index in [9.17, 15) is 14.7 Å². The number of hydrogen-bond donors (Lipinski definition) is 2. The summed E-state index contributed by atoms with van der Waals surface area (Å²) in [4.78, 5) is 29.6. The molecule has 2 N–H and O–H groups in total. The lowest BCUT2D eigenvalue weighted by Crippen LogP contribution is -2.39. The van der Waals surface area contributed by atoms with Crippen molar-refractivity contribution >= 4 is 11.7 Å². The zero-order valence-electron chi connectivity index (χ0n) is 16.2. The second kappa shape index (κ2) is 7.08. The summed E-state index contributed by atoms with van der Waals surface area (Å²) in [5.74, 6) is 0.802. The predicted molar refractivity (Wildman–Crippen MR) is 99.5 cm³/mol. The number of benzene rings is 1. The first-order chi connectivity index (χ1) is 12.8. The van der Waals surface area contributed by atoms with Crippen molar-refractivity contribution < 1.29 is 24.2 Å². The predicted octanol–water partition coefficient (Wildman–Crippen LogP) is 2.54. The highest BCUT2D eigenvalue weighted by molar-refractivity contribution is 6.02. The first-order valence-electron chi connectivity index (χ1n) is 8.71. The van der Waals surface area contributed by atoms with Gasteiger partial charge in [-0.3, -0.25) is 9.59 Å². The van der Waals surface area contributed by atoms with Crippen LogP contribution in [0.15, 0.2) is 12.1 Å². The Morgan fingerprint density at radius 2 is 1.81 bits per heavy atom. The SMILES string of the molecule is COc1ccc(OC)c2c1CN(C(=O)c1[nH]c(C)c(C(C)=O)c1C)C[C@@H]2O. The number of β-amino-alcohol motifs (C(OH)–C–C–N with tert-alkyl or cyclic N) is 1. The summed E-state index contributed by atoms with van der Waals surface area (Å²) in [7, 11) is 3.09. The van der Waals surface area contributed by atoms with Crippen LogP contribution in [-0.4, -0.2) is 47.4 Å². The van der Waals surface area contributed by atoms with Crippen molar-refractivity contribution in [2.75, 3.05) is 20.8 Å². The molecule has 1 aliphatic rings. The number of H-pyrrole nitrogens is 1. The third kappa shape index (κ3) is 3.08. The quantitative estimate of drug-likeness (QED) is 0.805. The lowest BCUT2D eigenvalue weighted by molar-refractivity contribution is 0.0533. The maximum atomic E-state index is 13.1. The summed E-state index contributed by atoms with van der Waals surface area (Å²) in [6.45, 7) is 5.41. The third-order valence-electron chi connectivity index (χ3n) is 5.08. The molecule has 7 heteroatoms. The number of amides is 1. The van der Waals surface area contributed by atoms with E-state index in [4.69, 9.17) is 9.47 Å². The number of carbonyl (C=O) groups is 2. The Morgan fingerprint density at radius 1 is 1.19 bits per heavy atom. The van der Waals surface area contributed by atoms with Gasteiger partial charge in [0.1, 0.15) is 23.3 Å². The van der Waals surface area contributed by atoms with Crippen LogP contribution in [0.3, 0.4) is 0 Å². The van der Waals surface area contributed by atoms with Crippen LogP contribution < -0.4 is 9.47 Å². The van der Waals surface area contributed by atoms with Gasteiger partial charge in [0, 0.05) is 22.4 Å². The maximum absolute atomic E-state index is 13.1. The Labute approximate surface area is 157 Å². The van der Waals surface area contributed by atoms with Crippen LogP contribution in [0.4, 0.5) is 0 Å². The van der Waals surface area contributed by atoms with E-state index < -0.39 is 6.10 Å². The summed E-state index contributed by atoms with van der Waals surface area (Å²) in [5.41, 5.74) is 3.57. The molecule has 0 saturated carbocycles. The zero-order chi connectivity index (χ0) is 19.9. The molecular formula is C20H24N2O5. The molecule has 0 bridgehead atoms. The third-order valence-corrected chi connectivity index (χ3v) is 5.08. The number of nitrogens with zero attached hydrogens (tertiary/aromatic N) is 1. The van der Waals surface area contributed by atoms with Gasteiger partial charge in [0.25, 0.3) is 5.91 Å². The maximum Gasteiger partial charge on any atom is 0.270 e. The number of ether oxygens (including phenoxy) is 2. The minimum atomic E-state index is -0.897. The van der Waals surface area contributed by atoms with Crippen LogP contribution in [0.5, 0.6) is 11.5 Å².